The Hall–Kier alpha value is -8.76. The molecule has 10 heteroatoms. The topological polar surface area (TPSA) is 138 Å². The van der Waals surface area contributed by atoms with E-state index in [1.165, 1.54) is 0 Å². The largest absolute Gasteiger partial charge is 0.394 e. The van der Waals surface area contributed by atoms with Gasteiger partial charge in [-0.3, -0.25) is 9.47 Å². The highest BCUT2D eigenvalue weighted by Gasteiger charge is 2.39. The van der Waals surface area contributed by atoms with Gasteiger partial charge in [-0.25, -0.2) is 19.9 Å². The average Bonchev–Trinajstić information content (AvgIpc) is 3.68. The number of nitrogens with two attached hydrogens (primary N) is 2. The Kier molecular flexibility index (Phi) is 8.57. The summed E-state index contributed by atoms with van der Waals surface area (Å²) >= 11 is 0. The monoisotopic (exact) mass is 840 g/mol. The first kappa shape index (κ1) is 38.0. The van der Waals surface area contributed by atoms with Crippen LogP contribution in [-0.4, -0.2) is 34.5 Å². The van der Waals surface area contributed by atoms with Crippen molar-refractivity contribution < 1.29 is 0 Å². The standard InChI is InChI=1S/C55H40N10/c1-55(2)41-18-10-12-20-44(41)65(53-60-48(47(56)51(57)62-53)37-25-21-35(22-26-37)33-13-5-3-6-14-33)46-32-45-40(31-42(46)55)39-17-9-11-19-43(39)64(45)54-61-49(50-52(63-54)59-30-29-58-50)38-27-23-36(24-28-38)34-15-7-4-8-16-34/h3-32H,56H2,1-2H3,(H2,57,60,62). The van der Waals surface area contributed by atoms with Crippen LogP contribution in [0, 0.1) is 0 Å². The number of benzene rings is 7. The normalized spacial score (nSPS) is 13.0. The molecule has 0 radical (unpaired) electrons. The fourth-order valence-electron chi connectivity index (χ4n) is 9.44. The Morgan fingerprint density at radius 3 is 1.72 bits per heavy atom. The van der Waals surface area contributed by atoms with E-state index < -0.39 is 5.41 Å². The summed E-state index contributed by atoms with van der Waals surface area (Å²) in [4.78, 5) is 32.2. The Labute approximate surface area is 374 Å². The first-order valence-corrected chi connectivity index (χ1v) is 21.5. The third-order valence-corrected chi connectivity index (χ3v) is 12.7. The van der Waals surface area contributed by atoms with Crippen LogP contribution >= 0.6 is 0 Å². The summed E-state index contributed by atoms with van der Waals surface area (Å²) in [5.74, 6) is 1.08. The molecule has 10 nitrogen and oxygen atoms in total. The molecule has 11 aromatic rings. The number of hydrogen-bond acceptors (Lipinski definition) is 9. The van der Waals surface area contributed by atoms with Crippen LogP contribution in [0.3, 0.4) is 0 Å². The summed E-state index contributed by atoms with van der Waals surface area (Å²) in [6.07, 6.45) is 3.36. The second kappa shape index (κ2) is 14.7. The molecule has 0 atom stereocenters. The van der Waals surface area contributed by atoms with E-state index in [1.807, 2.05) is 60.7 Å². The highest BCUT2D eigenvalue weighted by atomic mass is 15.3. The Balaban J connectivity index is 1.07. The van der Waals surface area contributed by atoms with Crippen LogP contribution in [0.5, 0.6) is 0 Å². The number of hydrogen-bond donors (Lipinski definition) is 2. The van der Waals surface area contributed by atoms with Gasteiger partial charge in [0, 0.05) is 39.7 Å². The quantitative estimate of drug-likeness (QED) is 0.168. The van der Waals surface area contributed by atoms with Gasteiger partial charge in [-0.05, 0) is 57.6 Å². The summed E-state index contributed by atoms with van der Waals surface area (Å²) in [5, 5.41) is 2.12. The van der Waals surface area contributed by atoms with Crippen molar-refractivity contribution in [2.24, 2.45) is 0 Å². The highest BCUT2D eigenvalue weighted by molar-refractivity contribution is 6.11. The molecule has 0 fully saturated rings. The molecule has 65 heavy (non-hydrogen) atoms. The fourth-order valence-corrected chi connectivity index (χ4v) is 9.44. The lowest BCUT2D eigenvalue weighted by Gasteiger charge is -2.41. The predicted octanol–water partition coefficient (Wildman–Crippen LogP) is 12.2. The first-order chi connectivity index (χ1) is 31.8. The lowest BCUT2D eigenvalue weighted by Crippen LogP contribution is -2.31. The molecular weight excluding hydrogens is 801 g/mol. The van der Waals surface area contributed by atoms with Crippen molar-refractivity contribution in [3.05, 3.63) is 193 Å². The maximum atomic E-state index is 6.73. The molecule has 0 amide bonds. The van der Waals surface area contributed by atoms with Crippen LogP contribution in [0.15, 0.2) is 182 Å². The van der Waals surface area contributed by atoms with E-state index in [9.17, 15) is 0 Å². The SMILES string of the molecule is CC1(C)c2ccccc2N(c2nc(N)c(N)c(-c3ccc(-c4ccccc4)cc3)n2)c2cc3c(cc21)c1ccccc1n3-c1nc(-c2ccc(-c3ccccc3)cc2)c2nccnc2n1. The molecule has 0 unspecified atom stereocenters. The third-order valence-electron chi connectivity index (χ3n) is 12.7. The van der Waals surface area contributed by atoms with E-state index >= 15 is 0 Å². The Morgan fingerprint density at radius 1 is 0.446 bits per heavy atom. The van der Waals surface area contributed by atoms with E-state index in [0.717, 1.165) is 77.7 Å². The first-order valence-electron chi connectivity index (χ1n) is 21.5. The minimum atomic E-state index is -0.413. The van der Waals surface area contributed by atoms with Crippen molar-refractivity contribution in [2.75, 3.05) is 16.4 Å². The maximum absolute atomic E-state index is 6.73. The minimum absolute atomic E-state index is 0.200. The molecule has 0 aliphatic carbocycles. The second-order valence-electron chi connectivity index (χ2n) is 16.9. The number of anilines is 5. The molecule has 0 bridgehead atoms. The van der Waals surface area contributed by atoms with E-state index in [2.05, 4.69) is 133 Å². The number of aromatic nitrogens is 7. The van der Waals surface area contributed by atoms with Gasteiger partial charge in [0.25, 0.3) is 0 Å². The van der Waals surface area contributed by atoms with Crippen molar-refractivity contribution in [2.45, 2.75) is 19.3 Å². The van der Waals surface area contributed by atoms with Crippen LogP contribution in [0.25, 0.3) is 83.7 Å². The molecule has 1 aliphatic heterocycles. The van der Waals surface area contributed by atoms with Crippen LogP contribution in [0.4, 0.5) is 28.8 Å². The van der Waals surface area contributed by atoms with Gasteiger partial charge in [-0.1, -0.05) is 159 Å². The van der Waals surface area contributed by atoms with Crippen molar-refractivity contribution in [1.29, 1.82) is 0 Å². The number of fused-ring (bicyclic) bond motifs is 6. The van der Waals surface area contributed by atoms with Crippen LogP contribution in [-0.2, 0) is 5.41 Å². The molecule has 4 N–H and O–H groups in total. The summed E-state index contributed by atoms with van der Waals surface area (Å²) < 4.78 is 2.13. The number of rotatable bonds is 6. The predicted molar refractivity (Wildman–Crippen MR) is 262 cm³/mol. The molecule has 0 saturated carbocycles. The number of nitrogen functional groups attached to an aromatic ring is 2. The van der Waals surface area contributed by atoms with E-state index in [0.29, 0.717) is 40.1 Å². The highest BCUT2D eigenvalue weighted by Crippen LogP contribution is 2.53. The molecule has 0 saturated heterocycles. The van der Waals surface area contributed by atoms with Gasteiger partial charge < -0.3 is 11.5 Å². The summed E-state index contributed by atoms with van der Waals surface area (Å²) in [5.41, 5.74) is 27.9. The summed E-state index contributed by atoms with van der Waals surface area (Å²) in [6.45, 7) is 4.54. The Bertz CT molecular complexity index is 3640. The lowest BCUT2D eigenvalue weighted by molar-refractivity contribution is 0.631. The summed E-state index contributed by atoms with van der Waals surface area (Å²) in [6, 6.07) is 58.6. The second-order valence-corrected chi connectivity index (χ2v) is 16.9. The van der Waals surface area contributed by atoms with Gasteiger partial charge in [0.2, 0.25) is 11.9 Å². The zero-order valence-electron chi connectivity index (χ0n) is 35.6. The van der Waals surface area contributed by atoms with E-state index in [1.54, 1.807) is 12.4 Å². The molecule has 12 rings (SSSR count). The van der Waals surface area contributed by atoms with Gasteiger partial charge in [0.15, 0.2) is 11.5 Å². The van der Waals surface area contributed by atoms with Crippen molar-refractivity contribution in [3.8, 4) is 50.7 Å². The van der Waals surface area contributed by atoms with Crippen molar-refractivity contribution in [3.63, 3.8) is 0 Å². The zero-order chi connectivity index (χ0) is 43.8. The fraction of sp³-hybridized carbons (Fsp3) is 0.0545. The molecule has 7 aromatic carbocycles. The smallest absolute Gasteiger partial charge is 0.237 e. The zero-order valence-corrected chi connectivity index (χ0v) is 35.6. The van der Waals surface area contributed by atoms with Crippen LogP contribution < -0.4 is 16.4 Å². The van der Waals surface area contributed by atoms with Gasteiger partial charge in [-0.15, -0.1) is 0 Å². The molecule has 4 aromatic heterocycles. The van der Waals surface area contributed by atoms with Gasteiger partial charge in [0.1, 0.15) is 22.6 Å². The van der Waals surface area contributed by atoms with Gasteiger partial charge in [0.05, 0.1) is 22.4 Å². The Morgan fingerprint density at radius 2 is 1.02 bits per heavy atom. The lowest BCUT2D eigenvalue weighted by atomic mass is 9.73. The van der Waals surface area contributed by atoms with Gasteiger partial charge >= 0.3 is 0 Å². The van der Waals surface area contributed by atoms with Crippen LogP contribution in [0.1, 0.15) is 25.0 Å². The number of para-hydroxylation sites is 2. The summed E-state index contributed by atoms with van der Waals surface area (Å²) in [7, 11) is 0. The van der Waals surface area contributed by atoms with Crippen molar-refractivity contribution >= 4 is 61.8 Å². The molecular formula is C55H40N10. The minimum Gasteiger partial charge on any atom is -0.394 e. The third kappa shape index (κ3) is 6.10. The number of nitrogens with zero attached hydrogens (tertiary/aromatic N) is 8. The average molecular weight is 841 g/mol. The van der Waals surface area contributed by atoms with Crippen LogP contribution in [0.2, 0.25) is 0 Å². The van der Waals surface area contributed by atoms with E-state index in [4.69, 9.17) is 41.4 Å². The molecule has 310 valence electrons. The molecule has 5 heterocycles. The maximum Gasteiger partial charge on any atom is 0.237 e. The molecule has 1 aliphatic rings. The molecule has 0 spiro atoms. The van der Waals surface area contributed by atoms with E-state index in [-0.39, 0.29) is 5.82 Å². The van der Waals surface area contributed by atoms with Crippen molar-refractivity contribution in [1.82, 2.24) is 34.5 Å². The van der Waals surface area contributed by atoms with Gasteiger partial charge in [-0.2, -0.15) is 9.97 Å².